The van der Waals surface area contributed by atoms with E-state index in [0.29, 0.717) is 39.9 Å². The molecule has 3 rings (SSSR count). The number of aliphatic hydroxyl groups is 1. The molecule has 0 aliphatic carbocycles. The summed E-state index contributed by atoms with van der Waals surface area (Å²) in [7, 11) is 4.55. The van der Waals surface area contributed by atoms with Gasteiger partial charge in [-0.25, -0.2) is 0 Å². The second-order valence-electron chi connectivity index (χ2n) is 7.29. The third-order valence-electron chi connectivity index (χ3n) is 5.23. The molecule has 1 unspecified atom stereocenters. The van der Waals surface area contributed by atoms with Gasteiger partial charge in [0.1, 0.15) is 30.0 Å². The van der Waals surface area contributed by atoms with Crippen LogP contribution in [-0.2, 0) is 6.61 Å². The lowest BCUT2D eigenvalue weighted by molar-refractivity contribution is 0.0914. The fourth-order valence-electron chi connectivity index (χ4n) is 3.29. The van der Waals surface area contributed by atoms with Crippen molar-refractivity contribution in [3.05, 3.63) is 64.5 Å². The minimum absolute atomic E-state index is 0.0189. The van der Waals surface area contributed by atoms with E-state index in [4.69, 9.17) is 23.5 Å². The van der Waals surface area contributed by atoms with Crippen LogP contribution < -0.4 is 24.3 Å². The van der Waals surface area contributed by atoms with Crippen molar-refractivity contribution in [3.63, 3.8) is 0 Å². The number of aryl methyl sites for hydroxylation is 2. The van der Waals surface area contributed by atoms with E-state index in [2.05, 4.69) is 10.5 Å². The van der Waals surface area contributed by atoms with Gasteiger partial charge in [0.25, 0.3) is 5.91 Å². The molecule has 1 aromatic heterocycles. The first kappa shape index (κ1) is 23.9. The number of hydrogen-bond acceptors (Lipinski definition) is 8. The van der Waals surface area contributed by atoms with Gasteiger partial charge in [-0.2, -0.15) is 0 Å². The molecule has 0 fully saturated rings. The average molecular weight is 456 g/mol. The quantitative estimate of drug-likeness (QED) is 0.478. The van der Waals surface area contributed by atoms with Crippen LogP contribution >= 0.6 is 0 Å². The Morgan fingerprint density at radius 1 is 1.03 bits per heavy atom. The molecule has 2 N–H and O–H groups in total. The number of aliphatic hydroxyl groups excluding tert-OH is 1. The molecule has 0 aliphatic heterocycles. The monoisotopic (exact) mass is 456 g/mol. The van der Waals surface area contributed by atoms with Gasteiger partial charge < -0.3 is 33.9 Å². The van der Waals surface area contributed by atoms with E-state index in [1.54, 1.807) is 36.4 Å². The third-order valence-corrected chi connectivity index (χ3v) is 5.23. The molecule has 9 heteroatoms. The van der Waals surface area contributed by atoms with Gasteiger partial charge in [0.05, 0.1) is 32.6 Å². The first-order valence-corrected chi connectivity index (χ1v) is 10.3. The highest BCUT2D eigenvalue weighted by atomic mass is 16.5. The lowest BCUT2D eigenvalue weighted by Gasteiger charge is -2.17. The molecule has 176 valence electrons. The molecule has 3 aromatic rings. The van der Waals surface area contributed by atoms with Crippen molar-refractivity contribution in [1.82, 2.24) is 10.5 Å². The van der Waals surface area contributed by atoms with Crippen LogP contribution in [0, 0.1) is 13.8 Å². The fraction of sp³-hybridized carbons (Fsp3) is 0.333. The van der Waals surface area contributed by atoms with Crippen LogP contribution in [0.4, 0.5) is 0 Å². The molecular formula is C24H28N2O7. The van der Waals surface area contributed by atoms with Crippen LogP contribution in [0.5, 0.6) is 23.0 Å². The van der Waals surface area contributed by atoms with Crippen molar-refractivity contribution < 1.29 is 33.4 Å². The van der Waals surface area contributed by atoms with Crippen molar-refractivity contribution in [3.8, 4) is 23.0 Å². The number of nitrogens with zero attached hydrogens (tertiary/aromatic N) is 1. The summed E-state index contributed by atoms with van der Waals surface area (Å²) in [6.45, 7) is 3.90. The van der Waals surface area contributed by atoms with Crippen LogP contribution in [-0.4, -0.2) is 44.0 Å². The largest absolute Gasteiger partial charge is 0.497 e. The molecule has 0 radical (unpaired) electrons. The number of hydrogen-bond donors (Lipinski definition) is 2. The average Bonchev–Trinajstić information content (AvgIpc) is 3.17. The maximum atomic E-state index is 12.7. The second-order valence-corrected chi connectivity index (χ2v) is 7.29. The second kappa shape index (κ2) is 10.7. The fourth-order valence-corrected chi connectivity index (χ4v) is 3.29. The van der Waals surface area contributed by atoms with Gasteiger partial charge in [0, 0.05) is 17.7 Å². The summed E-state index contributed by atoms with van der Waals surface area (Å²) in [4.78, 5) is 12.7. The van der Waals surface area contributed by atoms with Gasteiger partial charge in [-0.15, -0.1) is 0 Å². The molecule has 2 aromatic carbocycles. The highest BCUT2D eigenvalue weighted by Crippen LogP contribution is 2.31. The first-order valence-electron chi connectivity index (χ1n) is 10.3. The van der Waals surface area contributed by atoms with Gasteiger partial charge in [-0.05, 0) is 50.2 Å². The predicted molar refractivity (Wildman–Crippen MR) is 120 cm³/mol. The van der Waals surface area contributed by atoms with Gasteiger partial charge in [0.15, 0.2) is 11.5 Å². The predicted octanol–water partition coefficient (Wildman–Crippen LogP) is 3.36. The standard InChI is InChI=1S/C24H28N2O7/c1-14-19(15(2)33-26-14)13-32-22-8-6-16(10-23(22)31-5)24(28)25-12-20(27)18-11-17(29-3)7-9-21(18)30-4/h6-11,20,27H,12-13H2,1-5H3,(H,25,28). The number of ether oxygens (including phenoxy) is 4. The zero-order chi connectivity index (χ0) is 24.0. The summed E-state index contributed by atoms with van der Waals surface area (Å²) in [6, 6.07) is 9.97. The zero-order valence-electron chi connectivity index (χ0n) is 19.3. The summed E-state index contributed by atoms with van der Waals surface area (Å²) in [5, 5.41) is 17.2. The van der Waals surface area contributed by atoms with Crippen molar-refractivity contribution in [2.75, 3.05) is 27.9 Å². The number of benzene rings is 2. The van der Waals surface area contributed by atoms with Crippen LogP contribution in [0.1, 0.15) is 39.0 Å². The number of amides is 1. The molecule has 1 atom stereocenters. The van der Waals surface area contributed by atoms with E-state index < -0.39 is 6.10 Å². The van der Waals surface area contributed by atoms with Crippen molar-refractivity contribution in [2.24, 2.45) is 0 Å². The Balaban J connectivity index is 1.66. The topological polar surface area (TPSA) is 112 Å². The third kappa shape index (κ3) is 5.56. The molecule has 1 amide bonds. The van der Waals surface area contributed by atoms with Gasteiger partial charge >= 0.3 is 0 Å². The molecule has 0 aliphatic rings. The number of rotatable bonds is 10. The van der Waals surface area contributed by atoms with E-state index in [1.165, 1.54) is 21.3 Å². The normalized spacial score (nSPS) is 11.6. The number of nitrogens with one attached hydrogen (secondary N) is 1. The number of carbonyl (C=O) groups excluding carboxylic acids is 1. The van der Waals surface area contributed by atoms with E-state index in [1.807, 2.05) is 13.8 Å². The molecule has 1 heterocycles. The zero-order valence-corrected chi connectivity index (χ0v) is 19.3. The smallest absolute Gasteiger partial charge is 0.251 e. The summed E-state index contributed by atoms with van der Waals surface area (Å²) in [5.41, 5.74) is 2.49. The SMILES string of the molecule is COc1ccc(OC)c(C(O)CNC(=O)c2ccc(OCc3c(C)noc3C)c(OC)c2)c1. The lowest BCUT2D eigenvalue weighted by Crippen LogP contribution is -2.28. The number of methoxy groups -OCH3 is 3. The van der Waals surface area contributed by atoms with Gasteiger partial charge in [0.2, 0.25) is 0 Å². The molecule has 0 bridgehead atoms. The minimum Gasteiger partial charge on any atom is -0.497 e. The van der Waals surface area contributed by atoms with Crippen LogP contribution in [0.25, 0.3) is 0 Å². The maximum absolute atomic E-state index is 12.7. The number of aromatic nitrogens is 1. The Bertz CT molecular complexity index is 1090. The summed E-state index contributed by atoms with van der Waals surface area (Å²) in [6.07, 6.45) is -0.987. The van der Waals surface area contributed by atoms with E-state index in [-0.39, 0.29) is 19.1 Å². The molecule has 33 heavy (non-hydrogen) atoms. The highest BCUT2D eigenvalue weighted by molar-refractivity contribution is 5.94. The Morgan fingerprint density at radius 2 is 1.76 bits per heavy atom. The Hall–Kier alpha value is -3.72. The Kier molecular flexibility index (Phi) is 7.78. The van der Waals surface area contributed by atoms with Gasteiger partial charge in [-0.3, -0.25) is 4.79 Å². The van der Waals surface area contributed by atoms with E-state index >= 15 is 0 Å². The molecular weight excluding hydrogens is 428 g/mol. The van der Waals surface area contributed by atoms with Crippen molar-refractivity contribution in [1.29, 1.82) is 0 Å². The number of carbonyl (C=O) groups is 1. The Labute approximate surface area is 192 Å². The van der Waals surface area contributed by atoms with Gasteiger partial charge in [-0.1, -0.05) is 5.16 Å². The maximum Gasteiger partial charge on any atom is 0.251 e. The molecule has 0 saturated carbocycles. The van der Waals surface area contributed by atoms with Crippen molar-refractivity contribution >= 4 is 5.91 Å². The minimum atomic E-state index is -0.987. The highest BCUT2D eigenvalue weighted by Gasteiger charge is 2.18. The van der Waals surface area contributed by atoms with Crippen molar-refractivity contribution in [2.45, 2.75) is 26.6 Å². The molecule has 9 nitrogen and oxygen atoms in total. The van der Waals surface area contributed by atoms with Crippen LogP contribution in [0.2, 0.25) is 0 Å². The van der Waals surface area contributed by atoms with Crippen LogP contribution in [0.3, 0.4) is 0 Å². The van der Waals surface area contributed by atoms with E-state index in [9.17, 15) is 9.90 Å². The summed E-state index contributed by atoms with van der Waals surface area (Å²) >= 11 is 0. The van der Waals surface area contributed by atoms with Crippen LogP contribution in [0.15, 0.2) is 40.9 Å². The molecule has 0 spiro atoms. The summed E-state index contributed by atoms with van der Waals surface area (Å²) in [5.74, 6) is 2.28. The molecule has 0 saturated heterocycles. The lowest BCUT2D eigenvalue weighted by atomic mass is 10.1. The summed E-state index contributed by atoms with van der Waals surface area (Å²) < 4.78 is 26.9. The van der Waals surface area contributed by atoms with E-state index in [0.717, 1.165) is 11.3 Å². The Morgan fingerprint density at radius 3 is 2.39 bits per heavy atom. The first-order chi connectivity index (χ1) is 15.9.